The molecule has 0 aromatic rings. The molecule has 144 valence electrons. The van der Waals surface area contributed by atoms with Gasteiger partial charge in [-0.15, -0.1) is 0 Å². The molecule has 5 fully saturated rings. The third kappa shape index (κ3) is 2.79. The molecule has 0 N–H and O–H groups in total. The van der Waals surface area contributed by atoms with Crippen LogP contribution in [-0.2, 0) is 9.16 Å². The van der Waals surface area contributed by atoms with E-state index in [1.807, 2.05) is 0 Å². The van der Waals surface area contributed by atoms with Crippen LogP contribution in [0.15, 0.2) is 0 Å². The van der Waals surface area contributed by atoms with E-state index in [1.54, 1.807) is 0 Å². The Morgan fingerprint density at radius 2 is 1.36 bits per heavy atom. The van der Waals surface area contributed by atoms with Gasteiger partial charge in [0, 0.05) is 6.10 Å². The van der Waals surface area contributed by atoms with Crippen LogP contribution in [-0.4, -0.2) is 26.1 Å². The zero-order valence-corrected chi connectivity index (χ0v) is 18.9. The van der Waals surface area contributed by atoms with Gasteiger partial charge < -0.3 is 9.16 Å². The van der Waals surface area contributed by atoms with Crippen LogP contribution in [0.2, 0.25) is 18.1 Å². The molecule has 25 heavy (non-hydrogen) atoms. The molecule has 5 rings (SSSR count). The Labute approximate surface area is 156 Å². The molecule has 6 bridgehead atoms. The van der Waals surface area contributed by atoms with Crippen molar-refractivity contribution in [1.29, 1.82) is 0 Å². The van der Waals surface area contributed by atoms with Crippen molar-refractivity contribution in [1.82, 2.24) is 0 Å². The Morgan fingerprint density at radius 1 is 0.800 bits per heavy atom. The molecule has 5 saturated carbocycles. The van der Waals surface area contributed by atoms with Crippen LogP contribution in [0.5, 0.6) is 0 Å². The lowest BCUT2D eigenvalue weighted by atomic mass is 9.88. The van der Waals surface area contributed by atoms with E-state index in [2.05, 4.69) is 61.6 Å². The molecular weight excluding hydrogens is 324 g/mol. The van der Waals surface area contributed by atoms with Crippen molar-refractivity contribution in [2.75, 3.05) is 0 Å². The Bertz CT molecular complexity index is 543. The Hall–Kier alpha value is 0.137. The largest absolute Gasteiger partial charge is 0.414 e. The second kappa shape index (κ2) is 5.35. The van der Waals surface area contributed by atoms with Crippen LogP contribution in [0.3, 0.4) is 0 Å². The highest BCUT2D eigenvalue weighted by molar-refractivity contribution is 6.74. The zero-order valence-electron chi connectivity index (χ0n) is 17.9. The van der Waals surface area contributed by atoms with Crippen molar-refractivity contribution >= 4 is 8.32 Å². The van der Waals surface area contributed by atoms with Crippen molar-refractivity contribution in [3.8, 4) is 0 Å². The van der Waals surface area contributed by atoms with Crippen LogP contribution < -0.4 is 0 Å². The van der Waals surface area contributed by atoms with Crippen molar-refractivity contribution in [2.24, 2.45) is 41.4 Å². The maximum Gasteiger partial charge on any atom is 0.192 e. The molecule has 0 aromatic heterocycles. The topological polar surface area (TPSA) is 18.5 Å². The second-order valence-electron chi connectivity index (χ2n) is 12.2. The molecule has 0 radical (unpaired) electrons. The molecule has 0 unspecified atom stereocenters. The average molecular weight is 365 g/mol. The first kappa shape index (κ1) is 18.5. The standard InChI is InChI=1S/C22H40O2Si/c1-12-10-13-16-14(11-15(12)24-25(8,9)22(5,6)7)18-17(13)19(18)20(16)23-21(2,3)4/h12-20H,10-11H2,1-9H3/t12-,13+,14-,15-,16+,17-,18+,19-,20+/m0/s1. The van der Waals surface area contributed by atoms with Gasteiger partial charge >= 0.3 is 0 Å². The van der Waals surface area contributed by atoms with Crippen LogP contribution in [0.25, 0.3) is 0 Å². The number of rotatable bonds is 3. The normalized spacial score (nSPS) is 48.6. The minimum atomic E-state index is -1.69. The first-order valence-electron chi connectivity index (χ1n) is 10.7. The van der Waals surface area contributed by atoms with Gasteiger partial charge in [0.1, 0.15) is 0 Å². The lowest BCUT2D eigenvalue weighted by Gasteiger charge is -2.41. The maximum absolute atomic E-state index is 6.96. The first-order valence-corrected chi connectivity index (χ1v) is 13.6. The number of ether oxygens (including phenoxy) is 1. The predicted molar refractivity (Wildman–Crippen MR) is 106 cm³/mol. The summed E-state index contributed by atoms with van der Waals surface area (Å²) in [5.74, 6) is 6.20. The fourth-order valence-corrected chi connectivity index (χ4v) is 7.97. The minimum Gasteiger partial charge on any atom is -0.414 e. The predicted octanol–water partition coefficient (Wildman–Crippen LogP) is 5.73. The van der Waals surface area contributed by atoms with Gasteiger partial charge in [0.15, 0.2) is 8.32 Å². The molecule has 3 heteroatoms. The summed E-state index contributed by atoms with van der Waals surface area (Å²) in [5.41, 5.74) is 0.00109. The van der Waals surface area contributed by atoms with E-state index in [4.69, 9.17) is 9.16 Å². The number of hydrogen-bond acceptors (Lipinski definition) is 2. The van der Waals surface area contributed by atoms with E-state index >= 15 is 0 Å². The molecule has 0 saturated heterocycles. The van der Waals surface area contributed by atoms with Crippen molar-refractivity contribution in [3.05, 3.63) is 0 Å². The fourth-order valence-electron chi connectivity index (χ4n) is 6.53. The quantitative estimate of drug-likeness (QED) is 0.596. The van der Waals surface area contributed by atoms with Gasteiger partial charge in [-0.25, -0.2) is 0 Å². The third-order valence-electron chi connectivity index (χ3n) is 8.45. The molecular formula is C22H40O2Si. The van der Waals surface area contributed by atoms with Crippen molar-refractivity contribution < 1.29 is 9.16 Å². The molecule has 5 aliphatic rings. The van der Waals surface area contributed by atoms with Crippen LogP contribution in [0.4, 0.5) is 0 Å². The Morgan fingerprint density at radius 3 is 1.88 bits per heavy atom. The summed E-state index contributed by atoms with van der Waals surface area (Å²) < 4.78 is 13.5. The summed E-state index contributed by atoms with van der Waals surface area (Å²) in [4.78, 5) is 0. The van der Waals surface area contributed by atoms with Crippen LogP contribution in [0.1, 0.15) is 61.3 Å². The van der Waals surface area contributed by atoms with E-state index in [9.17, 15) is 0 Å². The summed E-state index contributed by atoms with van der Waals surface area (Å²) in [6.07, 6.45) is 3.70. The summed E-state index contributed by atoms with van der Waals surface area (Å²) in [5, 5.41) is 0.306. The van der Waals surface area contributed by atoms with Crippen LogP contribution >= 0.6 is 0 Å². The van der Waals surface area contributed by atoms with E-state index in [0.717, 1.165) is 35.5 Å². The van der Waals surface area contributed by atoms with Gasteiger partial charge in [-0.3, -0.25) is 0 Å². The smallest absolute Gasteiger partial charge is 0.192 e. The van der Waals surface area contributed by atoms with E-state index in [-0.39, 0.29) is 5.60 Å². The molecule has 0 heterocycles. The number of hydrogen-bond donors (Lipinski definition) is 0. The SMILES string of the molecule is C[C@H]1C[C@@H]2[C@@H]3[C@H](C[C@@H]1O[Si](C)(C)C(C)(C)C)[C@@H]1[C@H]2[C@@H]1[C@@H]3OC(C)(C)C. The lowest BCUT2D eigenvalue weighted by Crippen LogP contribution is -2.46. The fraction of sp³-hybridized carbons (Fsp3) is 1.00. The highest BCUT2D eigenvalue weighted by Crippen LogP contribution is 2.79. The summed E-state index contributed by atoms with van der Waals surface area (Å²) in [6.45, 7) is 21.1. The molecule has 0 aliphatic heterocycles. The van der Waals surface area contributed by atoms with Gasteiger partial charge in [0.25, 0.3) is 0 Å². The van der Waals surface area contributed by atoms with Gasteiger partial charge in [-0.2, -0.15) is 0 Å². The summed E-state index contributed by atoms with van der Waals surface area (Å²) in [6, 6.07) is 0. The monoisotopic (exact) mass is 364 g/mol. The summed E-state index contributed by atoms with van der Waals surface area (Å²) >= 11 is 0. The van der Waals surface area contributed by atoms with E-state index in [0.29, 0.717) is 23.2 Å². The van der Waals surface area contributed by atoms with E-state index < -0.39 is 8.32 Å². The zero-order chi connectivity index (χ0) is 18.5. The van der Waals surface area contributed by atoms with Crippen LogP contribution in [0, 0.1) is 41.4 Å². The first-order chi connectivity index (χ1) is 11.3. The molecule has 9 atom stereocenters. The van der Waals surface area contributed by atoms with Gasteiger partial charge in [0.05, 0.1) is 11.7 Å². The Balaban J connectivity index is 1.51. The van der Waals surface area contributed by atoms with Gasteiger partial charge in [-0.05, 0) is 93.2 Å². The van der Waals surface area contributed by atoms with Gasteiger partial charge in [0.2, 0.25) is 0 Å². The average Bonchev–Trinajstić information content (AvgIpc) is 2.89. The lowest BCUT2D eigenvalue weighted by molar-refractivity contribution is -0.0834. The summed E-state index contributed by atoms with van der Waals surface area (Å²) in [7, 11) is -1.69. The molecule has 0 amide bonds. The Kier molecular flexibility index (Phi) is 3.96. The van der Waals surface area contributed by atoms with Crippen molar-refractivity contribution in [3.63, 3.8) is 0 Å². The second-order valence-corrected chi connectivity index (χ2v) is 17.0. The minimum absolute atomic E-state index is 0.00109. The molecule has 0 spiro atoms. The molecule has 0 aromatic carbocycles. The van der Waals surface area contributed by atoms with E-state index in [1.165, 1.54) is 12.8 Å². The van der Waals surface area contributed by atoms with Crippen molar-refractivity contribution in [2.45, 2.75) is 97.2 Å². The molecule has 5 aliphatic carbocycles. The molecule has 2 nitrogen and oxygen atoms in total. The maximum atomic E-state index is 6.96. The highest BCUT2D eigenvalue weighted by Gasteiger charge is 2.79. The highest BCUT2D eigenvalue weighted by atomic mass is 28.4. The van der Waals surface area contributed by atoms with Gasteiger partial charge in [-0.1, -0.05) is 27.7 Å². The third-order valence-corrected chi connectivity index (χ3v) is 13.0.